The minimum absolute atomic E-state index is 0.0788. The van der Waals surface area contributed by atoms with Gasteiger partial charge in [0.15, 0.2) is 0 Å². The van der Waals surface area contributed by atoms with E-state index in [9.17, 15) is 9.59 Å². The van der Waals surface area contributed by atoms with E-state index >= 15 is 0 Å². The maximum atomic E-state index is 12.1. The van der Waals surface area contributed by atoms with Crippen molar-refractivity contribution in [1.29, 1.82) is 0 Å². The topological polar surface area (TPSA) is 98.3 Å². The van der Waals surface area contributed by atoms with Crippen LogP contribution in [0.5, 0.6) is 0 Å². The first-order chi connectivity index (χ1) is 8.86. The Kier molecular flexibility index (Phi) is 4.91. The zero-order valence-corrected chi connectivity index (χ0v) is 11.6. The third-order valence-electron chi connectivity index (χ3n) is 2.96. The van der Waals surface area contributed by atoms with Gasteiger partial charge in [0.1, 0.15) is 0 Å². The SMILES string of the molecule is CCN(C(=O)Nc1c(C)n[nH]c1C)C(C)CC(=O)O. The molecule has 1 heterocycles. The fourth-order valence-corrected chi connectivity index (χ4v) is 1.93. The van der Waals surface area contributed by atoms with Gasteiger partial charge in [0.05, 0.1) is 23.5 Å². The van der Waals surface area contributed by atoms with Crippen LogP contribution in [0, 0.1) is 13.8 Å². The van der Waals surface area contributed by atoms with Crippen LogP contribution in [0.25, 0.3) is 0 Å². The van der Waals surface area contributed by atoms with E-state index in [1.54, 1.807) is 13.8 Å². The molecule has 2 amide bonds. The molecule has 0 bridgehead atoms. The number of rotatable bonds is 5. The van der Waals surface area contributed by atoms with Crippen molar-refractivity contribution in [2.24, 2.45) is 0 Å². The number of carbonyl (C=O) groups is 2. The van der Waals surface area contributed by atoms with Crippen LogP contribution in [0.1, 0.15) is 31.7 Å². The number of nitrogens with one attached hydrogen (secondary N) is 2. The molecule has 0 aliphatic heterocycles. The lowest BCUT2D eigenvalue weighted by Crippen LogP contribution is -2.42. The highest BCUT2D eigenvalue weighted by atomic mass is 16.4. The highest BCUT2D eigenvalue weighted by Crippen LogP contribution is 2.17. The number of hydrogen-bond acceptors (Lipinski definition) is 3. The maximum Gasteiger partial charge on any atom is 0.322 e. The van der Waals surface area contributed by atoms with Gasteiger partial charge in [-0.25, -0.2) is 4.79 Å². The van der Waals surface area contributed by atoms with Crippen LogP contribution in [0.4, 0.5) is 10.5 Å². The van der Waals surface area contributed by atoms with E-state index < -0.39 is 5.97 Å². The molecule has 3 N–H and O–H groups in total. The summed E-state index contributed by atoms with van der Waals surface area (Å²) in [5.74, 6) is -0.922. The molecule has 0 saturated carbocycles. The van der Waals surface area contributed by atoms with Gasteiger partial charge < -0.3 is 15.3 Å². The summed E-state index contributed by atoms with van der Waals surface area (Å²) in [5, 5.41) is 18.3. The standard InChI is InChI=1S/C12H20N4O3/c1-5-16(7(2)6-10(17)18)12(19)13-11-8(3)14-15-9(11)4/h7H,5-6H2,1-4H3,(H,13,19)(H,14,15)(H,17,18). The highest BCUT2D eigenvalue weighted by molar-refractivity contribution is 5.91. The highest BCUT2D eigenvalue weighted by Gasteiger charge is 2.22. The summed E-state index contributed by atoms with van der Waals surface area (Å²) in [7, 11) is 0. The van der Waals surface area contributed by atoms with E-state index in [-0.39, 0.29) is 18.5 Å². The Morgan fingerprint density at radius 2 is 2.11 bits per heavy atom. The molecule has 1 rings (SSSR count). The number of aromatic nitrogens is 2. The van der Waals surface area contributed by atoms with Crippen molar-refractivity contribution in [3.05, 3.63) is 11.4 Å². The number of aromatic amines is 1. The first-order valence-electron chi connectivity index (χ1n) is 6.17. The Morgan fingerprint density at radius 3 is 2.53 bits per heavy atom. The molecule has 0 fully saturated rings. The van der Waals surface area contributed by atoms with E-state index in [0.29, 0.717) is 17.9 Å². The summed E-state index contributed by atoms with van der Waals surface area (Å²) in [6.07, 6.45) is -0.0788. The molecule has 0 radical (unpaired) electrons. The number of aryl methyl sites for hydroxylation is 2. The Hall–Kier alpha value is -2.05. The number of carboxylic acids is 1. The van der Waals surface area contributed by atoms with Crippen LogP contribution >= 0.6 is 0 Å². The zero-order chi connectivity index (χ0) is 14.6. The van der Waals surface area contributed by atoms with Crippen LogP contribution in [0.15, 0.2) is 0 Å². The van der Waals surface area contributed by atoms with Crippen LogP contribution < -0.4 is 5.32 Å². The van der Waals surface area contributed by atoms with Crippen LogP contribution in [0.2, 0.25) is 0 Å². The summed E-state index contributed by atoms with van der Waals surface area (Å²) < 4.78 is 0. The number of nitrogens with zero attached hydrogens (tertiary/aromatic N) is 2. The van der Waals surface area contributed by atoms with E-state index in [0.717, 1.165) is 5.69 Å². The lowest BCUT2D eigenvalue weighted by Gasteiger charge is -2.27. The average Bonchev–Trinajstić information content (AvgIpc) is 2.60. The van der Waals surface area contributed by atoms with Gasteiger partial charge in [-0.15, -0.1) is 0 Å². The first kappa shape index (κ1) is 15.0. The molecule has 7 nitrogen and oxygen atoms in total. The molecule has 0 saturated heterocycles. The number of carbonyl (C=O) groups excluding carboxylic acids is 1. The number of urea groups is 1. The smallest absolute Gasteiger partial charge is 0.322 e. The molecule has 19 heavy (non-hydrogen) atoms. The fourth-order valence-electron chi connectivity index (χ4n) is 1.93. The third-order valence-corrected chi connectivity index (χ3v) is 2.96. The van der Waals surface area contributed by atoms with E-state index in [1.807, 2.05) is 13.8 Å². The predicted molar refractivity (Wildman–Crippen MR) is 71.2 cm³/mol. The monoisotopic (exact) mass is 268 g/mol. The second-order valence-corrected chi connectivity index (χ2v) is 4.47. The van der Waals surface area contributed by atoms with Crippen molar-refractivity contribution < 1.29 is 14.7 Å². The second kappa shape index (κ2) is 6.21. The minimum atomic E-state index is -0.922. The first-order valence-corrected chi connectivity index (χ1v) is 6.17. The van der Waals surface area contributed by atoms with Crippen molar-refractivity contribution in [1.82, 2.24) is 15.1 Å². The molecular formula is C12H20N4O3. The normalized spacial score (nSPS) is 12.0. The third kappa shape index (κ3) is 3.70. The average molecular weight is 268 g/mol. The number of hydrogen-bond donors (Lipinski definition) is 3. The van der Waals surface area contributed by atoms with Gasteiger partial charge in [-0.05, 0) is 27.7 Å². The van der Waals surface area contributed by atoms with E-state index in [4.69, 9.17) is 5.11 Å². The van der Waals surface area contributed by atoms with Crippen molar-refractivity contribution in [2.75, 3.05) is 11.9 Å². The van der Waals surface area contributed by atoms with Gasteiger partial charge in [0.2, 0.25) is 0 Å². The summed E-state index contributed by atoms with van der Waals surface area (Å²) in [6, 6.07) is -0.682. The van der Waals surface area contributed by atoms with Crippen molar-refractivity contribution >= 4 is 17.7 Å². The number of aliphatic carboxylic acids is 1. The number of anilines is 1. The fraction of sp³-hybridized carbons (Fsp3) is 0.583. The largest absolute Gasteiger partial charge is 0.481 e. The van der Waals surface area contributed by atoms with Gasteiger partial charge in [0.25, 0.3) is 0 Å². The van der Waals surface area contributed by atoms with Gasteiger partial charge in [-0.1, -0.05) is 0 Å². The van der Waals surface area contributed by atoms with Gasteiger partial charge in [-0.3, -0.25) is 9.89 Å². The molecular weight excluding hydrogens is 248 g/mol. The lowest BCUT2D eigenvalue weighted by atomic mass is 10.2. The number of amides is 2. The summed E-state index contributed by atoms with van der Waals surface area (Å²) in [6.45, 7) is 7.57. The molecule has 0 spiro atoms. The second-order valence-electron chi connectivity index (χ2n) is 4.47. The molecule has 0 aromatic carbocycles. The zero-order valence-electron chi connectivity index (χ0n) is 11.6. The van der Waals surface area contributed by atoms with Gasteiger partial charge in [0, 0.05) is 12.6 Å². The molecule has 0 aliphatic carbocycles. The molecule has 1 unspecified atom stereocenters. The Bertz CT molecular complexity index is 450. The van der Waals surface area contributed by atoms with Gasteiger partial charge >= 0.3 is 12.0 Å². The summed E-state index contributed by atoms with van der Waals surface area (Å²) in [4.78, 5) is 24.3. The van der Waals surface area contributed by atoms with Crippen molar-refractivity contribution in [3.8, 4) is 0 Å². The van der Waals surface area contributed by atoms with E-state index in [1.165, 1.54) is 4.90 Å². The maximum absolute atomic E-state index is 12.1. The quantitative estimate of drug-likeness (QED) is 0.757. The Labute approximate surface area is 112 Å². The predicted octanol–water partition coefficient (Wildman–Crippen LogP) is 1.74. The summed E-state index contributed by atoms with van der Waals surface area (Å²) >= 11 is 0. The minimum Gasteiger partial charge on any atom is -0.481 e. The number of H-pyrrole nitrogens is 1. The van der Waals surface area contributed by atoms with Crippen LogP contribution in [0.3, 0.4) is 0 Å². The number of carboxylic acid groups (broad SMARTS) is 1. The van der Waals surface area contributed by atoms with Crippen molar-refractivity contribution in [2.45, 2.75) is 40.2 Å². The summed E-state index contributed by atoms with van der Waals surface area (Å²) in [5.41, 5.74) is 2.12. The molecule has 106 valence electrons. The lowest BCUT2D eigenvalue weighted by molar-refractivity contribution is -0.137. The van der Waals surface area contributed by atoms with E-state index in [2.05, 4.69) is 15.5 Å². The molecule has 7 heteroatoms. The van der Waals surface area contributed by atoms with Crippen LogP contribution in [-0.2, 0) is 4.79 Å². The molecule has 1 atom stereocenters. The molecule has 1 aromatic heterocycles. The Morgan fingerprint density at radius 1 is 1.47 bits per heavy atom. The Balaban J connectivity index is 2.77. The van der Waals surface area contributed by atoms with Crippen LogP contribution in [-0.4, -0.2) is 44.8 Å². The van der Waals surface area contributed by atoms with Gasteiger partial charge in [-0.2, -0.15) is 5.10 Å². The molecule has 1 aromatic rings. The van der Waals surface area contributed by atoms with Crippen molar-refractivity contribution in [3.63, 3.8) is 0 Å². The molecule has 0 aliphatic rings.